The molecule has 0 saturated heterocycles. The number of rotatable bonds is 8. The summed E-state index contributed by atoms with van der Waals surface area (Å²) in [7, 11) is 0. The van der Waals surface area contributed by atoms with Crippen LogP contribution in [0.3, 0.4) is 0 Å². The lowest BCUT2D eigenvalue weighted by Crippen LogP contribution is -2.17. The number of nitrogens with one attached hydrogen (secondary N) is 1. The Hall–Kier alpha value is -3.81. The molecule has 31 heavy (non-hydrogen) atoms. The van der Waals surface area contributed by atoms with Crippen LogP contribution in [0, 0.1) is 11.6 Å². The van der Waals surface area contributed by atoms with Gasteiger partial charge in [-0.3, -0.25) is 9.59 Å². The van der Waals surface area contributed by atoms with Gasteiger partial charge in [-0.15, -0.1) is 0 Å². The number of amides is 1. The number of carbonyl (C=O) groups excluding carboxylic acids is 2. The minimum absolute atomic E-state index is 0.0167. The summed E-state index contributed by atoms with van der Waals surface area (Å²) in [4.78, 5) is 29.4. The average Bonchev–Trinajstić information content (AvgIpc) is 2.74. The van der Waals surface area contributed by atoms with Crippen molar-refractivity contribution in [2.45, 2.75) is 19.8 Å². The van der Waals surface area contributed by atoms with E-state index in [1.54, 1.807) is 30.3 Å². The van der Waals surface area contributed by atoms with E-state index in [2.05, 4.69) is 10.3 Å². The maximum atomic E-state index is 14.2. The van der Waals surface area contributed by atoms with Crippen molar-refractivity contribution in [2.24, 2.45) is 0 Å². The molecule has 3 rings (SSSR count). The van der Waals surface area contributed by atoms with Gasteiger partial charge in [0.2, 0.25) is 5.78 Å². The summed E-state index contributed by atoms with van der Waals surface area (Å²) in [6, 6.07) is 12.9. The zero-order chi connectivity index (χ0) is 22.4. The van der Waals surface area contributed by atoms with E-state index in [9.17, 15) is 18.4 Å². The number of nitrogens with two attached hydrogens (primary N) is 1. The number of hydrogen-bond donors (Lipinski definition) is 2. The van der Waals surface area contributed by atoms with Gasteiger partial charge in [0.1, 0.15) is 34.6 Å². The van der Waals surface area contributed by atoms with E-state index < -0.39 is 28.9 Å². The highest BCUT2D eigenvalue weighted by Crippen LogP contribution is 2.31. The van der Waals surface area contributed by atoms with Crippen LogP contribution in [0.4, 0.5) is 20.4 Å². The molecule has 0 fully saturated rings. The Kier molecular flexibility index (Phi) is 6.92. The number of ether oxygens (including phenoxy) is 1. The summed E-state index contributed by atoms with van der Waals surface area (Å²) in [5.41, 5.74) is 5.35. The molecule has 1 aromatic heterocycles. The molecule has 0 unspecified atom stereocenters. The number of carbonyl (C=O) groups is 2. The Morgan fingerprint density at radius 3 is 2.35 bits per heavy atom. The van der Waals surface area contributed by atoms with Gasteiger partial charge in [0.05, 0.1) is 12.2 Å². The first-order valence-corrected chi connectivity index (χ1v) is 9.70. The van der Waals surface area contributed by atoms with Crippen molar-refractivity contribution in [3.8, 4) is 5.75 Å². The first-order chi connectivity index (χ1) is 14.9. The fourth-order valence-corrected chi connectivity index (χ4v) is 2.89. The SMILES string of the molecule is CCCCOc1cc(NC(=O)c2ccccc2)nc(N)c1C(=O)c1c(F)cccc1F. The molecule has 0 radical (unpaired) electrons. The van der Waals surface area contributed by atoms with Crippen molar-refractivity contribution in [2.75, 3.05) is 17.7 Å². The van der Waals surface area contributed by atoms with Gasteiger partial charge >= 0.3 is 0 Å². The lowest BCUT2D eigenvalue weighted by molar-refractivity contribution is 0.102. The highest BCUT2D eigenvalue weighted by atomic mass is 19.1. The zero-order valence-corrected chi connectivity index (χ0v) is 16.8. The van der Waals surface area contributed by atoms with Crippen molar-refractivity contribution in [3.05, 3.63) is 82.9 Å². The second-order valence-electron chi connectivity index (χ2n) is 6.71. The lowest BCUT2D eigenvalue weighted by atomic mass is 10.0. The van der Waals surface area contributed by atoms with Crippen LogP contribution in [0.15, 0.2) is 54.6 Å². The van der Waals surface area contributed by atoms with Crippen molar-refractivity contribution in [3.63, 3.8) is 0 Å². The Labute approximate surface area is 178 Å². The lowest BCUT2D eigenvalue weighted by Gasteiger charge is -2.15. The van der Waals surface area contributed by atoms with Gasteiger partial charge in [0.15, 0.2) is 0 Å². The smallest absolute Gasteiger partial charge is 0.256 e. The maximum absolute atomic E-state index is 14.2. The third-order valence-electron chi connectivity index (χ3n) is 4.46. The quantitative estimate of drug-likeness (QED) is 0.406. The number of aromatic nitrogens is 1. The third-order valence-corrected chi connectivity index (χ3v) is 4.46. The number of anilines is 2. The number of nitrogens with zero attached hydrogens (tertiary/aromatic N) is 1. The van der Waals surface area contributed by atoms with E-state index in [1.807, 2.05) is 6.92 Å². The molecule has 8 heteroatoms. The molecule has 0 aliphatic carbocycles. The van der Waals surface area contributed by atoms with Gasteiger partial charge in [-0.1, -0.05) is 37.6 Å². The Bertz CT molecular complexity index is 1080. The monoisotopic (exact) mass is 425 g/mol. The molecule has 0 aliphatic rings. The van der Waals surface area contributed by atoms with Crippen molar-refractivity contribution in [1.29, 1.82) is 0 Å². The van der Waals surface area contributed by atoms with E-state index >= 15 is 0 Å². The molecule has 3 N–H and O–H groups in total. The second kappa shape index (κ2) is 9.80. The number of unbranched alkanes of at least 4 members (excludes halogenated alkanes) is 1. The highest BCUT2D eigenvalue weighted by molar-refractivity contribution is 6.14. The Morgan fingerprint density at radius 1 is 1.03 bits per heavy atom. The number of benzene rings is 2. The van der Waals surface area contributed by atoms with E-state index in [0.717, 1.165) is 24.6 Å². The maximum Gasteiger partial charge on any atom is 0.256 e. The molecule has 0 saturated carbocycles. The second-order valence-corrected chi connectivity index (χ2v) is 6.71. The van der Waals surface area contributed by atoms with Crippen LogP contribution in [0.2, 0.25) is 0 Å². The predicted molar refractivity (Wildman–Crippen MR) is 113 cm³/mol. The molecule has 2 aromatic carbocycles. The van der Waals surface area contributed by atoms with Gasteiger partial charge in [0, 0.05) is 11.6 Å². The summed E-state index contributed by atoms with van der Waals surface area (Å²) in [6.45, 7) is 2.20. The van der Waals surface area contributed by atoms with Gasteiger partial charge in [-0.2, -0.15) is 0 Å². The topological polar surface area (TPSA) is 94.3 Å². The zero-order valence-electron chi connectivity index (χ0n) is 16.8. The molecule has 3 aromatic rings. The molecule has 0 aliphatic heterocycles. The van der Waals surface area contributed by atoms with Crippen molar-refractivity contribution in [1.82, 2.24) is 4.98 Å². The summed E-state index contributed by atoms with van der Waals surface area (Å²) in [5, 5.41) is 2.59. The fourth-order valence-electron chi connectivity index (χ4n) is 2.89. The highest BCUT2D eigenvalue weighted by Gasteiger charge is 2.26. The normalized spacial score (nSPS) is 10.5. The van der Waals surface area contributed by atoms with Crippen LogP contribution in [0.1, 0.15) is 46.0 Å². The van der Waals surface area contributed by atoms with Gasteiger partial charge in [-0.05, 0) is 30.7 Å². The number of hydrogen-bond acceptors (Lipinski definition) is 5. The number of pyridine rings is 1. The standard InChI is InChI=1S/C23H21F2N3O3/c1-2-3-12-31-17-13-18(28-23(30)14-8-5-4-6-9-14)27-22(26)20(17)21(29)19-15(24)10-7-11-16(19)25/h4-11,13H,2-3,12H2,1H3,(H3,26,27,28,30). The van der Waals surface area contributed by atoms with E-state index in [-0.39, 0.29) is 29.6 Å². The van der Waals surface area contributed by atoms with Crippen LogP contribution in [-0.2, 0) is 0 Å². The third kappa shape index (κ3) is 5.03. The van der Waals surface area contributed by atoms with E-state index in [0.29, 0.717) is 12.0 Å². The largest absolute Gasteiger partial charge is 0.493 e. The number of nitrogen functional groups attached to an aromatic ring is 1. The molecule has 1 heterocycles. The average molecular weight is 425 g/mol. The van der Waals surface area contributed by atoms with Crippen LogP contribution < -0.4 is 15.8 Å². The van der Waals surface area contributed by atoms with Crippen LogP contribution in [-0.4, -0.2) is 23.3 Å². The molecule has 160 valence electrons. The summed E-state index contributed by atoms with van der Waals surface area (Å²) in [6.07, 6.45) is 1.50. The van der Waals surface area contributed by atoms with Gasteiger partial charge in [0.25, 0.3) is 5.91 Å². The van der Waals surface area contributed by atoms with Crippen molar-refractivity contribution < 1.29 is 23.1 Å². The summed E-state index contributed by atoms with van der Waals surface area (Å²) >= 11 is 0. The molecule has 0 bridgehead atoms. The Morgan fingerprint density at radius 2 is 1.71 bits per heavy atom. The molecule has 1 amide bonds. The summed E-state index contributed by atoms with van der Waals surface area (Å²) < 4.78 is 34.0. The molecular weight excluding hydrogens is 404 g/mol. The van der Waals surface area contributed by atoms with Crippen LogP contribution >= 0.6 is 0 Å². The molecular formula is C23H21F2N3O3. The molecule has 0 spiro atoms. The van der Waals surface area contributed by atoms with Gasteiger partial charge < -0.3 is 15.8 Å². The Balaban J connectivity index is 2.00. The number of ketones is 1. The summed E-state index contributed by atoms with van der Waals surface area (Å²) in [5.74, 6) is -3.76. The first-order valence-electron chi connectivity index (χ1n) is 9.70. The van der Waals surface area contributed by atoms with Gasteiger partial charge in [-0.25, -0.2) is 13.8 Å². The number of halogens is 2. The van der Waals surface area contributed by atoms with E-state index in [4.69, 9.17) is 10.5 Å². The predicted octanol–water partition coefficient (Wildman–Crippen LogP) is 4.60. The molecule has 0 atom stereocenters. The van der Waals surface area contributed by atoms with Crippen LogP contribution in [0.5, 0.6) is 5.75 Å². The van der Waals surface area contributed by atoms with Crippen molar-refractivity contribution >= 4 is 23.3 Å². The van der Waals surface area contributed by atoms with Crippen LogP contribution in [0.25, 0.3) is 0 Å². The minimum atomic E-state index is -1.02. The first kappa shape index (κ1) is 21.9. The molecule has 6 nitrogen and oxygen atoms in total. The minimum Gasteiger partial charge on any atom is -0.493 e. The fraction of sp³-hybridized carbons (Fsp3) is 0.174. The van der Waals surface area contributed by atoms with E-state index in [1.165, 1.54) is 6.07 Å².